The zero-order chi connectivity index (χ0) is 25.4. The molecular weight excluding hydrogens is 436 g/mol. The van der Waals surface area contributed by atoms with Gasteiger partial charge in [0.05, 0.1) is 6.17 Å². The van der Waals surface area contributed by atoms with E-state index < -0.39 is 5.60 Å². The van der Waals surface area contributed by atoms with Crippen LogP contribution < -0.4 is 16.0 Å². The lowest BCUT2D eigenvalue weighted by atomic mass is 9.90. The second-order valence-electron chi connectivity index (χ2n) is 10.8. The largest absolute Gasteiger partial charge is 0.444 e. The summed E-state index contributed by atoms with van der Waals surface area (Å²) >= 11 is 0. The van der Waals surface area contributed by atoms with Gasteiger partial charge < -0.3 is 15.4 Å². The molecule has 1 fully saturated rings. The molecule has 1 aliphatic heterocycles. The first kappa shape index (κ1) is 27.2. The normalized spacial score (nSPS) is 22.4. The molecule has 0 spiro atoms. The molecule has 3 rings (SSSR count). The maximum absolute atomic E-state index is 12.3. The van der Waals surface area contributed by atoms with Gasteiger partial charge in [0, 0.05) is 37.1 Å². The molecule has 3 N–H and O–H groups in total. The third-order valence-corrected chi connectivity index (χ3v) is 6.82. The molecule has 1 saturated heterocycles. The van der Waals surface area contributed by atoms with Crippen LogP contribution in [0.3, 0.4) is 0 Å². The Kier molecular flexibility index (Phi) is 9.72. The number of benzene rings is 2. The number of hydrogen-bond donors (Lipinski definition) is 3. The van der Waals surface area contributed by atoms with E-state index in [1.807, 2.05) is 27.8 Å². The molecule has 0 bridgehead atoms. The highest BCUT2D eigenvalue weighted by atomic mass is 16.6. The van der Waals surface area contributed by atoms with Gasteiger partial charge in [0.2, 0.25) is 0 Å². The first-order chi connectivity index (χ1) is 16.7. The molecule has 2 aromatic rings. The van der Waals surface area contributed by atoms with Gasteiger partial charge >= 0.3 is 6.09 Å². The second kappa shape index (κ2) is 12.5. The second-order valence-corrected chi connectivity index (χ2v) is 10.8. The van der Waals surface area contributed by atoms with Crippen LogP contribution in [-0.4, -0.2) is 61.0 Å². The van der Waals surface area contributed by atoms with E-state index in [1.54, 1.807) is 0 Å². The van der Waals surface area contributed by atoms with Crippen molar-refractivity contribution in [2.75, 3.05) is 20.1 Å². The Morgan fingerprint density at radius 3 is 2.17 bits per heavy atom. The molecule has 1 aliphatic rings. The standard InChI is InChI=1S/C29H44N4O2/c1-21(31-28(34)35-29(3,4)5)19-26-22(2)33(18-17-27(30-6)32-26)20-25(23-13-9-7-10-14-23)24-15-11-8-12-16-24/h7-16,21-22,25-27,30,32H,17-20H2,1-6H3,(H,31,34)/t21?,22?,26-,27-/m0/s1. The minimum Gasteiger partial charge on any atom is -0.444 e. The third kappa shape index (κ3) is 8.34. The highest BCUT2D eigenvalue weighted by molar-refractivity contribution is 5.68. The van der Waals surface area contributed by atoms with Gasteiger partial charge in [-0.2, -0.15) is 0 Å². The topological polar surface area (TPSA) is 65.6 Å². The zero-order valence-electron chi connectivity index (χ0n) is 22.3. The van der Waals surface area contributed by atoms with Gasteiger partial charge in [0.15, 0.2) is 0 Å². The van der Waals surface area contributed by atoms with Crippen LogP contribution in [0.5, 0.6) is 0 Å². The number of nitrogens with one attached hydrogen (secondary N) is 3. The lowest BCUT2D eigenvalue weighted by Crippen LogP contribution is -2.53. The lowest BCUT2D eigenvalue weighted by molar-refractivity contribution is 0.0500. The maximum atomic E-state index is 12.3. The van der Waals surface area contributed by atoms with E-state index in [9.17, 15) is 4.79 Å². The van der Waals surface area contributed by atoms with Gasteiger partial charge in [-0.3, -0.25) is 10.2 Å². The molecule has 6 nitrogen and oxygen atoms in total. The number of nitrogens with zero attached hydrogens (tertiary/aromatic N) is 1. The first-order valence-electron chi connectivity index (χ1n) is 12.9. The quantitative estimate of drug-likeness (QED) is 0.510. The Labute approximate surface area is 211 Å². The Bertz CT molecular complexity index is 860. The summed E-state index contributed by atoms with van der Waals surface area (Å²) in [5, 5.41) is 10.3. The maximum Gasteiger partial charge on any atom is 0.407 e. The van der Waals surface area contributed by atoms with Gasteiger partial charge in [-0.15, -0.1) is 0 Å². The van der Waals surface area contributed by atoms with Gasteiger partial charge in [-0.1, -0.05) is 60.7 Å². The molecule has 2 aromatic carbocycles. The molecule has 0 aliphatic carbocycles. The van der Waals surface area contributed by atoms with Crippen molar-refractivity contribution in [3.05, 3.63) is 71.8 Å². The average Bonchev–Trinajstić information content (AvgIpc) is 2.96. The molecule has 0 radical (unpaired) electrons. The number of carbonyl (C=O) groups is 1. The summed E-state index contributed by atoms with van der Waals surface area (Å²) in [4.78, 5) is 14.9. The van der Waals surface area contributed by atoms with Crippen LogP contribution in [0.4, 0.5) is 4.79 Å². The molecule has 1 heterocycles. The monoisotopic (exact) mass is 480 g/mol. The van der Waals surface area contributed by atoms with Crippen LogP contribution in [0.25, 0.3) is 0 Å². The molecule has 192 valence electrons. The predicted octanol–water partition coefficient (Wildman–Crippen LogP) is 4.72. The third-order valence-electron chi connectivity index (χ3n) is 6.82. The van der Waals surface area contributed by atoms with Gasteiger partial charge in [-0.25, -0.2) is 4.79 Å². The Morgan fingerprint density at radius 2 is 1.66 bits per heavy atom. The first-order valence-corrected chi connectivity index (χ1v) is 12.9. The minimum atomic E-state index is -0.504. The highest BCUT2D eigenvalue weighted by Crippen LogP contribution is 2.28. The van der Waals surface area contributed by atoms with Crippen LogP contribution in [-0.2, 0) is 4.74 Å². The van der Waals surface area contributed by atoms with Crippen LogP contribution in [0.1, 0.15) is 64.5 Å². The zero-order valence-corrected chi connectivity index (χ0v) is 22.3. The molecule has 35 heavy (non-hydrogen) atoms. The van der Waals surface area contributed by atoms with Crippen molar-refractivity contribution in [2.24, 2.45) is 0 Å². The van der Waals surface area contributed by atoms with Crippen molar-refractivity contribution in [3.8, 4) is 0 Å². The van der Waals surface area contributed by atoms with Gasteiger partial charge in [-0.05, 0) is 65.6 Å². The summed E-state index contributed by atoms with van der Waals surface area (Å²) in [7, 11) is 2.01. The minimum absolute atomic E-state index is 0.0127. The summed E-state index contributed by atoms with van der Waals surface area (Å²) < 4.78 is 5.47. The van der Waals surface area contributed by atoms with Gasteiger partial charge in [0.25, 0.3) is 0 Å². The number of amides is 1. The molecular formula is C29H44N4O2. The highest BCUT2D eigenvalue weighted by Gasteiger charge is 2.33. The SMILES string of the molecule is CN[C@@H]1CCN(CC(c2ccccc2)c2ccccc2)C(C)[C@H](CC(C)NC(=O)OC(C)(C)C)N1. The fraction of sp³-hybridized carbons (Fsp3) is 0.552. The lowest BCUT2D eigenvalue weighted by Gasteiger charge is -2.36. The van der Waals surface area contributed by atoms with Crippen molar-refractivity contribution in [2.45, 2.75) is 83.3 Å². The van der Waals surface area contributed by atoms with Crippen LogP contribution in [0.2, 0.25) is 0 Å². The van der Waals surface area contributed by atoms with E-state index in [0.717, 1.165) is 25.9 Å². The number of carbonyl (C=O) groups excluding carboxylic acids is 1. The molecule has 2 unspecified atom stereocenters. The number of alkyl carbamates (subject to hydrolysis) is 1. The number of hydrogen-bond acceptors (Lipinski definition) is 5. The van der Waals surface area contributed by atoms with Crippen molar-refractivity contribution in [3.63, 3.8) is 0 Å². The molecule has 4 atom stereocenters. The van der Waals surface area contributed by atoms with E-state index in [-0.39, 0.29) is 24.3 Å². The smallest absolute Gasteiger partial charge is 0.407 e. The number of rotatable bonds is 8. The van der Waals surface area contributed by atoms with E-state index in [0.29, 0.717) is 12.0 Å². The molecule has 0 saturated carbocycles. The summed E-state index contributed by atoms with van der Waals surface area (Å²) in [6, 6.07) is 22.1. The number of ether oxygens (including phenoxy) is 1. The fourth-order valence-corrected chi connectivity index (χ4v) is 4.94. The van der Waals surface area contributed by atoms with Crippen LogP contribution in [0, 0.1) is 0 Å². The van der Waals surface area contributed by atoms with Crippen LogP contribution in [0.15, 0.2) is 60.7 Å². The van der Waals surface area contributed by atoms with Crippen molar-refractivity contribution >= 4 is 6.09 Å². The van der Waals surface area contributed by atoms with E-state index >= 15 is 0 Å². The summed E-state index contributed by atoms with van der Waals surface area (Å²) in [6.07, 6.45) is 1.70. The van der Waals surface area contributed by atoms with Crippen molar-refractivity contribution < 1.29 is 9.53 Å². The molecule has 1 amide bonds. The Balaban J connectivity index is 1.76. The van der Waals surface area contributed by atoms with Crippen molar-refractivity contribution in [1.82, 2.24) is 20.9 Å². The summed E-state index contributed by atoms with van der Waals surface area (Å²) in [6.45, 7) is 12.0. The Hall–Kier alpha value is -2.41. The summed E-state index contributed by atoms with van der Waals surface area (Å²) in [5.74, 6) is 0.295. The van der Waals surface area contributed by atoms with E-state index in [1.165, 1.54) is 11.1 Å². The van der Waals surface area contributed by atoms with E-state index in [4.69, 9.17) is 4.74 Å². The Morgan fingerprint density at radius 1 is 1.09 bits per heavy atom. The van der Waals surface area contributed by atoms with Crippen LogP contribution >= 0.6 is 0 Å². The molecule has 6 heteroatoms. The van der Waals surface area contributed by atoms with Crippen molar-refractivity contribution in [1.29, 1.82) is 0 Å². The predicted molar refractivity (Wildman–Crippen MR) is 144 cm³/mol. The summed E-state index contributed by atoms with van der Waals surface area (Å²) in [5.41, 5.74) is 2.17. The molecule has 0 aromatic heterocycles. The van der Waals surface area contributed by atoms with E-state index in [2.05, 4.69) is 95.4 Å². The fourth-order valence-electron chi connectivity index (χ4n) is 4.94. The van der Waals surface area contributed by atoms with Gasteiger partial charge in [0.1, 0.15) is 5.60 Å². The average molecular weight is 481 g/mol.